The van der Waals surface area contributed by atoms with E-state index in [1.54, 1.807) is 42.1 Å². The summed E-state index contributed by atoms with van der Waals surface area (Å²) in [6.07, 6.45) is 0. The van der Waals surface area contributed by atoms with E-state index in [0.29, 0.717) is 46.3 Å². The van der Waals surface area contributed by atoms with E-state index >= 15 is 0 Å². The second-order valence-electron chi connectivity index (χ2n) is 7.78. The van der Waals surface area contributed by atoms with E-state index in [1.807, 2.05) is 24.3 Å². The fourth-order valence-corrected chi connectivity index (χ4v) is 3.93. The largest absolute Gasteiger partial charge is 0.496 e. The zero-order valence-electron chi connectivity index (χ0n) is 18.7. The fourth-order valence-electron chi connectivity index (χ4n) is 3.93. The van der Waals surface area contributed by atoms with Gasteiger partial charge in [0.25, 0.3) is 0 Å². The highest BCUT2D eigenvalue weighted by atomic mass is 19.1. The Hall–Kier alpha value is -4.53. The first-order valence-corrected chi connectivity index (χ1v) is 10.8. The van der Waals surface area contributed by atoms with Gasteiger partial charge in [-0.25, -0.2) is 9.18 Å². The van der Waals surface area contributed by atoms with Crippen LogP contribution in [0.15, 0.2) is 66.7 Å². The van der Waals surface area contributed by atoms with Crippen LogP contribution in [0.3, 0.4) is 0 Å². The van der Waals surface area contributed by atoms with Gasteiger partial charge >= 0.3 is 5.97 Å². The molecule has 8 nitrogen and oxygen atoms in total. The van der Waals surface area contributed by atoms with Crippen LogP contribution >= 0.6 is 0 Å². The third-order valence-electron chi connectivity index (χ3n) is 5.51. The minimum Gasteiger partial charge on any atom is -0.496 e. The smallest absolute Gasteiger partial charge is 0.341 e. The molecule has 3 aromatic carbocycles. The molecule has 1 aliphatic heterocycles. The second kappa shape index (κ2) is 9.38. The van der Waals surface area contributed by atoms with Crippen molar-refractivity contribution in [1.29, 1.82) is 0 Å². The average molecular weight is 476 g/mol. The van der Waals surface area contributed by atoms with Crippen LogP contribution in [0.2, 0.25) is 0 Å². The molecule has 1 N–H and O–H groups in total. The summed E-state index contributed by atoms with van der Waals surface area (Å²) < 4.78 is 37.8. The van der Waals surface area contributed by atoms with E-state index in [9.17, 15) is 9.18 Å². The monoisotopic (exact) mass is 476 g/mol. The molecule has 1 aromatic heterocycles. The van der Waals surface area contributed by atoms with Crippen LogP contribution in [0.4, 0.5) is 4.39 Å². The van der Waals surface area contributed by atoms with Crippen LogP contribution in [-0.2, 0) is 11.3 Å². The van der Waals surface area contributed by atoms with Gasteiger partial charge in [0.15, 0.2) is 18.1 Å². The van der Waals surface area contributed by atoms with Crippen LogP contribution in [0.25, 0.3) is 22.5 Å². The average Bonchev–Trinajstić information content (AvgIpc) is 3.49. The predicted molar refractivity (Wildman–Crippen MR) is 124 cm³/mol. The van der Waals surface area contributed by atoms with E-state index < -0.39 is 12.6 Å². The van der Waals surface area contributed by atoms with Crippen molar-refractivity contribution < 1.29 is 33.2 Å². The lowest BCUT2D eigenvalue weighted by Crippen LogP contribution is -2.10. The number of carbonyl (C=O) groups is 1. The summed E-state index contributed by atoms with van der Waals surface area (Å²) in [5, 5.41) is 13.9. The molecule has 0 saturated heterocycles. The molecule has 0 atom stereocenters. The van der Waals surface area contributed by atoms with Gasteiger partial charge < -0.3 is 24.1 Å². The Bertz CT molecular complexity index is 1400. The Kier molecular flexibility index (Phi) is 5.97. The number of halogens is 1. The number of aromatic nitrogens is 2. The number of carboxylic acids is 1. The Morgan fingerprint density at radius 2 is 1.86 bits per heavy atom. The first-order valence-electron chi connectivity index (χ1n) is 10.8. The summed E-state index contributed by atoms with van der Waals surface area (Å²) in [7, 11) is 1.60. The lowest BCUT2D eigenvalue weighted by molar-refractivity contribution is -0.139. The predicted octanol–water partition coefficient (Wildman–Crippen LogP) is 4.61. The molecule has 0 amide bonds. The quantitative estimate of drug-likeness (QED) is 0.397. The number of hydrogen-bond donors (Lipinski definition) is 1. The maximum Gasteiger partial charge on any atom is 0.341 e. The molecule has 0 spiro atoms. The highest BCUT2D eigenvalue weighted by Gasteiger charge is 2.23. The van der Waals surface area contributed by atoms with Gasteiger partial charge in [-0.3, -0.25) is 4.68 Å². The van der Waals surface area contributed by atoms with E-state index in [4.69, 9.17) is 29.2 Å². The SMILES string of the molecule is COc1ccccc1Cn1nc(-c2cc3c(cc2OCC(=O)O)OCO3)cc1-c1cccc(F)c1. The van der Waals surface area contributed by atoms with Crippen molar-refractivity contribution in [3.05, 3.63) is 78.1 Å². The van der Waals surface area contributed by atoms with Gasteiger partial charge in [-0.15, -0.1) is 0 Å². The molecule has 0 aliphatic carbocycles. The number of benzene rings is 3. The molecule has 0 fully saturated rings. The maximum absolute atomic E-state index is 14.1. The summed E-state index contributed by atoms with van der Waals surface area (Å²) in [4.78, 5) is 11.1. The van der Waals surface area contributed by atoms with Crippen molar-refractivity contribution in [2.75, 3.05) is 20.5 Å². The number of rotatable bonds is 8. The number of fused-ring (bicyclic) bond motifs is 1. The number of hydrogen-bond acceptors (Lipinski definition) is 6. The molecule has 0 saturated carbocycles. The van der Waals surface area contributed by atoms with Crippen LogP contribution < -0.4 is 18.9 Å². The van der Waals surface area contributed by atoms with Gasteiger partial charge in [0.2, 0.25) is 6.79 Å². The van der Waals surface area contributed by atoms with Crippen LogP contribution in [0.1, 0.15) is 5.56 Å². The van der Waals surface area contributed by atoms with Crippen molar-refractivity contribution >= 4 is 5.97 Å². The van der Waals surface area contributed by atoms with Crippen molar-refractivity contribution in [2.24, 2.45) is 0 Å². The number of ether oxygens (including phenoxy) is 4. The molecule has 35 heavy (non-hydrogen) atoms. The standard InChI is InChI=1S/C26H21FN2O6/c1-32-22-8-3-2-5-17(22)13-29-21(16-6-4-7-18(27)9-16)11-20(28-29)19-10-24-25(35-15-34-24)12-23(19)33-14-26(30)31/h2-12H,13-15H2,1H3,(H,30,31). The number of carboxylic acid groups (broad SMARTS) is 1. The zero-order chi connectivity index (χ0) is 24.4. The number of aliphatic carboxylic acids is 1. The minimum absolute atomic E-state index is 0.0495. The van der Waals surface area contributed by atoms with Gasteiger partial charge in [0, 0.05) is 22.8 Å². The molecule has 5 rings (SSSR count). The van der Waals surface area contributed by atoms with E-state index in [0.717, 1.165) is 5.56 Å². The van der Waals surface area contributed by atoms with Gasteiger partial charge in [-0.1, -0.05) is 30.3 Å². The van der Waals surface area contributed by atoms with Gasteiger partial charge in [-0.05, 0) is 30.3 Å². The van der Waals surface area contributed by atoms with Crippen molar-refractivity contribution in [3.8, 4) is 45.5 Å². The summed E-state index contributed by atoms with van der Waals surface area (Å²) in [6, 6.07) is 18.9. The lowest BCUT2D eigenvalue weighted by Gasteiger charge is -2.11. The van der Waals surface area contributed by atoms with Crippen molar-refractivity contribution in [3.63, 3.8) is 0 Å². The number of nitrogens with zero attached hydrogens (tertiary/aromatic N) is 2. The molecule has 4 aromatic rings. The molecule has 0 unspecified atom stereocenters. The molecule has 1 aliphatic rings. The highest BCUT2D eigenvalue weighted by Crippen LogP contribution is 2.43. The van der Waals surface area contributed by atoms with Gasteiger partial charge in [0.05, 0.1) is 25.0 Å². The third-order valence-corrected chi connectivity index (χ3v) is 5.51. The summed E-state index contributed by atoms with van der Waals surface area (Å²) in [6.45, 7) is -0.134. The molecule has 178 valence electrons. The molecular weight excluding hydrogens is 455 g/mol. The zero-order valence-corrected chi connectivity index (χ0v) is 18.7. The van der Waals surface area contributed by atoms with Crippen LogP contribution in [0, 0.1) is 5.82 Å². The van der Waals surface area contributed by atoms with Gasteiger partial charge in [-0.2, -0.15) is 5.10 Å². The summed E-state index contributed by atoms with van der Waals surface area (Å²) in [5.74, 6) is 0.438. The maximum atomic E-state index is 14.1. The Morgan fingerprint density at radius 3 is 2.63 bits per heavy atom. The Balaban J connectivity index is 1.64. The molecule has 0 bridgehead atoms. The Labute approximate surface area is 200 Å². The van der Waals surface area contributed by atoms with Crippen LogP contribution in [-0.4, -0.2) is 41.4 Å². The lowest BCUT2D eigenvalue weighted by atomic mass is 10.1. The summed E-state index contributed by atoms with van der Waals surface area (Å²) >= 11 is 0. The number of para-hydroxylation sites is 1. The topological polar surface area (TPSA) is 92.0 Å². The van der Waals surface area contributed by atoms with Crippen molar-refractivity contribution in [2.45, 2.75) is 6.54 Å². The molecule has 9 heteroatoms. The highest BCUT2D eigenvalue weighted by molar-refractivity contribution is 5.76. The van der Waals surface area contributed by atoms with E-state index in [1.165, 1.54) is 12.1 Å². The molecule has 0 radical (unpaired) electrons. The fraction of sp³-hybridized carbons (Fsp3) is 0.154. The third kappa shape index (κ3) is 4.61. The Morgan fingerprint density at radius 1 is 1.06 bits per heavy atom. The van der Waals surface area contributed by atoms with E-state index in [2.05, 4.69) is 0 Å². The number of methoxy groups -OCH3 is 1. The second-order valence-corrected chi connectivity index (χ2v) is 7.78. The normalized spacial score (nSPS) is 11.9. The van der Waals surface area contributed by atoms with E-state index in [-0.39, 0.29) is 18.4 Å². The minimum atomic E-state index is -1.12. The first kappa shape index (κ1) is 22.3. The van der Waals surface area contributed by atoms with Gasteiger partial charge in [0.1, 0.15) is 17.3 Å². The summed E-state index contributed by atoms with van der Waals surface area (Å²) in [5.41, 5.74) is 3.19. The van der Waals surface area contributed by atoms with Crippen LogP contribution in [0.5, 0.6) is 23.0 Å². The molecular formula is C26H21FN2O6. The van der Waals surface area contributed by atoms with Crippen molar-refractivity contribution in [1.82, 2.24) is 9.78 Å². The first-order chi connectivity index (χ1) is 17.0. The molecule has 2 heterocycles.